The Labute approximate surface area is 134 Å². The summed E-state index contributed by atoms with van der Waals surface area (Å²) in [7, 11) is 0. The van der Waals surface area contributed by atoms with E-state index in [2.05, 4.69) is 5.32 Å². The summed E-state index contributed by atoms with van der Waals surface area (Å²) in [5.41, 5.74) is 1.97. The van der Waals surface area contributed by atoms with Gasteiger partial charge in [-0.05, 0) is 17.5 Å². The van der Waals surface area contributed by atoms with Gasteiger partial charge in [0.1, 0.15) is 6.61 Å². The van der Waals surface area contributed by atoms with Gasteiger partial charge in [0, 0.05) is 6.54 Å². The number of hydrogen-bond donors (Lipinski definition) is 1. The third-order valence-electron chi connectivity index (χ3n) is 3.79. The zero-order valence-corrected chi connectivity index (χ0v) is 12.6. The second-order valence-corrected chi connectivity index (χ2v) is 5.44. The predicted octanol–water partition coefficient (Wildman–Crippen LogP) is 2.96. The lowest BCUT2D eigenvalue weighted by atomic mass is 10.1. The van der Waals surface area contributed by atoms with E-state index in [9.17, 15) is 9.59 Å². The maximum Gasteiger partial charge on any atom is 0.418 e. The molecule has 1 aliphatic rings. The summed E-state index contributed by atoms with van der Waals surface area (Å²) in [5, 5.41) is 2.71. The fourth-order valence-electron chi connectivity index (χ4n) is 2.62. The number of urea groups is 1. The molecule has 1 fully saturated rings. The SMILES string of the molecule is O=C1NC[C@@H](Cc2ccccc2)N1C(=O)OCc1ccccc1. The zero-order valence-electron chi connectivity index (χ0n) is 12.6. The van der Waals surface area contributed by atoms with Gasteiger partial charge in [-0.3, -0.25) is 0 Å². The second-order valence-electron chi connectivity index (χ2n) is 5.44. The molecule has 23 heavy (non-hydrogen) atoms. The average molecular weight is 310 g/mol. The zero-order chi connectivity index (χ0) is 16.1. The van der Waals surface area contributed by atoms with Crippen LogP contribution in [0.3, 0.4) is 0 Å². The Morgan fingerprint density at radius 3 is 2.30 bits per heavy atom. The topological polar surface area (TPSA) is 58.6 Å². The molecule has 1 saturated heterocycles. The lowest BCUT2D eigenvalue weighted by molar-refractivity contribution is 0.101. The fourth-order valence-corrected chi connectivity index (χ4v) is 2.62. The van der Waals surface area contributed by atoms with E-state index < -0.39 is 12.1 Å². The molecule has 3 rings (SSSR count). The van der Waals surface area contributed by atoms with Crippen molar-refractivity contribution in [2.75, 3.05) is 6.54 Å². The van der Waals surface area contributed by atoms with Gasteiger partial charge in [0.25, 0.3) is 0 Å². The van der Waals surface area contributed by atoms with Crippen molar-refractivity contribution in [1.82, 2.24) is 10.2 Å². The quantitative estimate of drug-likeness (QED) is 0.944. The normalized spacial score (nSPS) is 17.0. The van der Waals surface area contributed by atoms with Crippen molar-refractivity contribution in [2.24, 2.45) is 0 Å². The standard InChI is InChI=1S/C18H18N2O3/c21-17-19-12-16(11-14-7-3-1-4-8-14)20(17)18(22)23-13-15-9-5-2-6-10-15/h1-10,16H,11-13H2,(H,19,21)/t16-/m1/s1. The van der Waals surface area contributed by atoms with Gasteiger partial charge in [0.2, 0.25) is 0 Å². The fraction of sp³-hybridized carbons (Fsp3) is 0.222. The maximum atomic E-state index is 12.3. The van der Waals surface area contributed by atoms with E-state index in [0.717, 1.165) is 11.1 Å². The molecule has 0 radical (unpaired) electrons. The van der Waals surface area contributed by atoms with Crippen LogP contribution in [0.5, 0.6) is 0 Å². The highest BCUT2D eigenvalue weighted by Crippen LogP contribution is 2.15. The maximum absolute atomic E-state index is 12.3. The Morgan fingerprint density at radius 1 is 1.04 bits per heavy atom. The van der Waals surface area contributed by atoms with Crippen LogP contribution in [0.2, 0.25) is 0 Å². The van der Waals surface area contributed by atoms with Crippen molar-refractivity contribution in [3.8, 4) is 0 Å². The Bertz CT molecular complexity index is 673. The number of nitrogens with zero attached hydrogens (tertiary/aromatic N) is 1. The van der Waals surface area contributed by atoms with Gasteiger partial charge >= 0.3 is 12.1 Å². The summed E-state index contributed by atoms with van der Waals surface area (Å²) in [6.45, 7) is 0.593. The van der Waals surface area contributed by atoms with Crippen molar-refractivity contribution in [3.05, 3.63) is 71.8 Å². The van der Waals surface area contributed by atoms with Gasteiger partial charge in [-0.1, -0.05) is 60.7 Å². The monoisotopic (exact) mass is 310 g/mol. The number of hydrogen-bond acceptors (Lipinski definition) is 3. The first-order valence-electron chi connectivity index (χ1n) is 7.55. The number of benzene rings is 2. The van der Waals surface area contributed by atoms with Crippen LogP contribution in [0.15, 0.2) is 60.7 Å². The molecule has 2 aromatic carbocycles. The number of amides is 3. The molecule has 1 atom stereocenters. The Morgan fingerprint density at radius 2 is 1.65 bits per heavy atom. The smallest absolute Gasteiger partial charge is 0.418 e. The molecule has 1 aliphatic heterocycles. The summed E-state index contributed by atoms with van der Waals surface area (Å²) in [4.78, 5) is 25.4. The van der Waals surface area contributed by atoms with E-state index in [0.29, 0.717) is 13.0 Å². The van der Waals surface area contributed by atoms with Crippen LogP contribution in [-0.4, -0.2) is 29.6 Å². The minimum Gasteiger partial charge on any atom is -0.444 e. The number of ether oxygens (including phenoxy) is 1. The molecule has 2 aromatic rings. The van der Waals surface area contributed by atoms with E-state index in [1.165, 1.54) is 4.90 Å². The van der Waals surface area contributed by atoms with Crippen LogP contribution in [-0.2, 0) is 17.8 Å². The molecule has 1 N–H and O–H groups in total. The van der Waals surface area contributed by atoms with Crippen LogP contribution in [0, 0.1) is 0 Å². The van der Waals surface area contributed by atoms with Gasteiger partial charge in [0.15, 0.2) is 0 Å². The molecular weight excluding hydrogens is 292 g/mol. The third-order valence-corrected chi connectivity index (χ3v) is 3.79. The van der Waals surface area contributed by atoms with E-state index in [-0.39, 0.29) is 12.6 Å². The molecule has 0 bridgehead atoms. The number of carbonyl (C=O) groups is 2. The number of rotatable bonds is 4. The summed E-state index contributed by atoms with van der Waals surface area (Å²) in [5.74, 6) is 0. The van der Waals surface area contributed by atoms with Gasteiger partial charge in [-0.25, -0.2) is 14.5 Å². The number of carbonyl (C=O) groups excluding carboxylic acids is 2. The molecule has 0 saturated carbocycles. The van der Waals surface area contributed by atoms with E-state index in [1.807, 2.05) is 60.7 Å². The summed E-state index contributed by atoms with van der Waals surface area (Å²) in [6, 6.07) is 18.6. The molecule has 0 spiro atoms. The first-order chi connectivity index (χ1) is 11.2. The molecule has 0 aliphatic carbocycles. The summed E-state index contributed by atoms with van der Waals surface area (Å²) < 4.78 is 5.28. The van der Waals surface area contributed by atoms with Crippen LogP contribution in [0.25, 0.3) is 0 Å². The average Bonchev–Trinajstić information content (AvgIpc) is 2.95. The molecular formula is C18H18N2O3. The van der Waals surface area contributed by atoms with E-state index >= 15 is 0 Å². The van der Waals surface area contributed by atoms with Crippen LogP contribution >= 0.6 is 0 Å². The molecule has 5 nitrogen and oxygen atoms in total. The van der Waals surface area contributed by atoms with Gasteiger partial charge in [-0.15, -0.1) is 0 Å². The highest BCUT2D eigenvalue weighted by atomic mass is 16.6. The molecule has 1 heterocycles. The summed E-state index contributed by atoms with van der Waals surface area (Å²) >= 11 is 0. The minimum atomic E-state index is -0.607. The van der Waals surface area contributed by atoms with Gasteiger partial charge in [-0.2, -0.15) is 0 Å². The van der Waals surface area contributed by atoms with Crippen LogP contribution < -0.4 is 5.32 Å². The Kier molecular flexibility index (Phi) is 4.57. The first kappa shape index (κ1) is 15.1. The molecule has 0 unspecified atom stereocenters. The summed E-state index contributed by atoms with van der Waals surface area (Å²) in [6.07, 6.45) is 0.00445. The van der Waals surface area contributed by atoms with Crippen molar-refractivity contribution in [2.45, 2.75) is 19.1 Å². The van der Waals surface area contributed by atoms with Crippen molar-refractivity contribution >= 4 is 12.1 Å². The highest BCUT2D eigenvalue weighted by Gasteiger charge is 2.36. The van der Waals surface area contributed by atoms with E-state index in [1.54, 1.807) is 0 Å². The number of imide groups is 1. The van der Waals surface area contributed by atoms with Crippen molar-refractivity contribution in [1.29, 1.82) is 0 Å². The van der Waals surface area contributed by atoms with Crippen LogP contribution in [0.1, 0.15) is 11.1 Å². The minimum absolute atomic E-state index is 0.154. The lowest BCUT2D eigenvalue weighted by Gasteiger charge is -2.20. The Hall–Kier alpha value is -2.82. The van der Waals surface area contributed by atoms with Crippen molar-refractivity contribution in [3.63, 3.8) is 0 Å². The Balaban J connectivity index is 1.63. The molecule has 3 amide bonds. The van der Waals surface area contributed by atoms with Crippen molar-refractivity contribution < 1.29 is 14.3 Å². The van der Waals surface area contributed by atoms with Gasteiger partial charge in [0.05, 0.1) is 6.04 Å². The largest absolute Gasteiger partial charge is 0.444 e. The predicted molar refractivity (Wildman–Crippen MR) is 85.8 cm³/mol. The van der Waals surface area contributed by atoms with E-state index in [4.69, 9.17) is 4.74 Å². The van der Waals surface area contributed by atoms with Crippen LogP contribution in [0.4, 0.5) is 9.59 Å². The van der Waals surface area contributed by atoms with Gasteiger partial charge < -0.3 is 10.1 Å². The highest BCUT2D eigenvalue weighted by molar-refractivity contribution is 5.93. The number of nitrogens with one attached hydrogen (secondary N) is 1. The molecule has 5 heteroatoms. The second kappa shape index (κ2) is 6.96. The third kappa shape index (κ3) is 3.69. The lowest BCUT2D eigenvalue weighted by Crippen LogP contribution is -2.41. The first-order valence-corrected chi connectivity index (χ1v) is 7.55. The molecule has 118 valence electrons. The molecule has 0 aromatic heterocycles.